The van der Waals surface area contributed by atoms with Crippen LogP contribution in [0.15, 0.2) is 5.11 Å². The van der Waals surface area contributed by atoms with Crippen molar-refractivity contribution in [1.29, 1.82) is 0 Å². The Morgan fingerprint density at radius 1 is 1.60 bits per heavy atom. The van der Waals surface area contributed by atoms with E-state index < -0.39 is 0 Å². The SMILES string of the molecule is [2H][C@@H]1C2CCC(C2)C1N=[N+]=[N-]. The first-order valence-electron chi connectivity index (χ1n) is 4.37. The number of hydrogen-bond donors (Lipinski definition) is 0. The van der Waals surface area contributed by atoms with Gasteiger partial charge in [-0.2, -0.15) is 0 Å². The topological polar surface area (TPSA) is 48.8 Å². The van der Waals surface area contributed by atoms with Crippen LogP contribution in [0.4, 0.5) is 0 Å². The van der Waals surface area contributed by atoms with Crippen LogP contribution in [0.25, 0.3) is 10.4 Å². The van der Waals surface area contributed by atoms with E-state index >= 15 is 0 Å². The lowest BCUT2D eigenvalue weighted by Crippen LogP contribution is -2.12. The molecule has 2 saturated carbocycles. The van der Waals surface area contributed by atoms with E-state index in [1.807, 2.05) is 0 Å². The van der Waals surface area contributed by atoms with E-state index in [0.717, 1.165) is 6.42 Å². The summed E-state index contributed by atoms with van der Waals surface area (Å²) in [6, 6.07) is -0.0150. The molecular weight excluding hydrogens is 126 g/mol. The minimum absolute atomic E-state index is 0.0150. The van der Waals surface area contributed by atoms with Crippen LogP contribution in [0.2, 0.25) is 0 Å². The molecule has 0 aliphatic heterocycles. The highest BCUT2D eigenvalue weighted by Gasteiger charge is 2.38. The Kier molecular flexibility index (Phi) is 1.09. The summed E-state index contributed by atoms with van der Waals surface area (Å²) in [6.45, 7) is 0. The molecule has 3 unspecified atom stereocenters. The van der Waals surface area contributed by atoms with E-state index in [1.54, 1.807) is 0 Å². The van der Waals surface area contributed by atoms with Crippen LogP contribution in [0.1, 0.15) is 27.0 Å². The van der Waals surface area contributed by atoms with Gasteiger partial charge in [0.05, 0.1) is 0 Å². The van der Waals surface area contributed by atoms with Crippen LogP contribution in [-0.4, -0.2) is 6.04 Å². The van der Waals surface area contributed by atoms with Gasteiger partial charge in [0.15, 0.2) is 0 Å². The highest BCUT2D eigenvalue weighted by molar-refractivity contribution is 4.94. The van der Waals surface area contributed by atoms with E-state index in [9.17, 15) is 0 Å². The minimum atomic E-state index is -0.107. The Bertz CT molecular complexity index is 210. The number of azide groups is 1. The van der Waals surface area contributed by atoms with Crippen molar-refractivity contribution in [3.05, 3.63) is 10.4 Å². The summed E-state index contributed by atoms with van der Waals surface area (Å²) < 4.78 is 7.72. The molecule has 0 aromatic rings. The minimum Gasteiger partial charge on any atom is -0.0903 e. The fraction of sp³-hybridized carbons (Fsp3) is 1.00. The highest BCUT2D eigenvalue weighted by Crippen LogP contribution is 2.45. The van der Waals surface area contributed by atoms with Gasteiger partial charge in [0.25, 0.3) is 0 Å². The molecule has 0 amide bonds. The summed E-state index contributed by atoms with van der Waals surface area (Å²) >= 11 is 0. The molecule has 0 aromatic heterocycles. The summed E-state index contributed by atoms with van der Waals surface area (Å²) in [5.41, 5.74) is 8.25. The lowest BCUT2D eigenvalue weighted by atomic mass is 9.96. The van der Waals surface area contributed by atoms with Gasteiger partial charge in [-0.15, -0.1) is 0 Å². The van der Waals surface area contributed by atoms with E-state index in [-0.39, 0.29) is 12.4 Å². The fourth-order valence-corrected chi connectivity index (χ4v) is 2.17. The molecule has 3 heteroatoms. The maximum atomic E-state index is 8.25. The van der Waals surface area contributed by atoms with E-state index in [2.05, 4.69) is 10.0 Å². The number of rotatable bonds is 1. The smallest absolute Gasteiger partial charge is 0.0405 e. The normalized spacial score (nSPS) is 52.2. The molecule has 4 atom stereocenters. The van der Waals surface area contributed by atoms with Crippen molar-refractivity contribution in [3.8, 4) is 0 Å². The standard InChI is InChI=1S/C7H11N3/c8-10-9-7-4-5-1-2-6(7)3-5/h5-7H,1-4H2/i4D/t4-,5?,6?,7?/m1/s1. The first kappa shape index (κ1) is 5.03. The Balaban J connectivity index is 2.17. The van der Waals surface area contributed by atoms with Crippen molar-refractivity contribution >= 4 is 0 Å². The first-order chi connectivity index (χ1) is 5.33. The van der Waals surface area contributed by atoms with Crippen molar-refractivity contribution < 1.29 is 1.37 Å². The summed E-state index contributed by atoms with van der Waals surface area (Å²) in [7, 11) is 0. The molecule has 0 aromatic carbocycles. The summed E-state index contributed by atoms with van der Waals surface area (Å²) in [5.74, 6) is 1.05. The molecule has 2 aliphatic carbocycles. The molecule has 0 heterocycles. The number of hydrogen-bond acceptors (Lipinski definition) is 1. The number of fused-ring (bicyclic) bond motifs is 2. The van der Waals surface area contributed by atoms with Crippen LogP contribution < -0.4 is 0 Å². The Labute approximate surface area is 61.5 Å². The third-order valence-electron chi connectivity index (χ3n) is 2.65. The average molecular weight is 138 g/mol. The van der Waals surface area contributed by atoms with Crippen molar-refractivity contribution in [3.63, 3.8) is 0 Å². The molecule has 0 saturated heterocycles. The van der Waals surface area contributed by atoms with E-state index in [4.69, 9.17) is 6.90 Å². The van der Waals surface area contributed by atoms with Gasteiger partial charge in [0.1, 0.15) is 0 Å². The maximum Gasteiger partial charge on any atom is 0.0405 e. The van der Waals surface area contributed by atoms with Gasteiger partial charge in [-0.25, -0.2) is 0 Å². The molecule has 0 N–H and O–H groups in total. The van der Waals surface area contributed by atoms with Crippen molar-refractivity contribution in [2.24, 2.45) is 17.0 Å². The van der Waals surface area contributed by atoms with Crippen LogP contribution >= 0.6 is 0 Å². The zero-order chi connectivity index (χ0) is 7.84. The Morgan fingerprint density at radius 2 is 2.50 bits per heavy atom. The quantitative estimate of drug-likeness (QED) is 0.303. The van der Waals surface area contributed by atoms with Gasteiger partial charge in [-0.1, -0.05) is 11.5 Å². The van der Waals surface area contributed by atoms with Gasteiger partial charge in [0.2, 0.25) is 0 Å². The monoisotopic (exact) mass is 138 g/mol. The van der Waals surface area contributed by atoms with Gasteiger partial charge in [0, 0.05) is 12.3 Å². The fourth-order valence-electron chi connectivity index (χ4n) is 2.17. The van der Waals surface area contributed by atoms with E-state index in [0.29, 0.717) is 11.8 Å². The van der Waals surface area contributed by atoms with Crippen LogP contribution in [0.3, 0.4) is 0 Å². The number of nitrogens with zero attached hydrogens (tertiary/aromatic N) is 3. The molecule has 0 radical (unpaired) electrons. The molecule has 54 valence electrons. The second kappa shape index (κ2) is 2.17. The van der Waals surface area contributed by atoms with Gasteiger partial charge < -0.3 is 0 Å². The second-order valence-corrected chi connectivity index (χ2v) is 3.22. The average Bonchev–Trinajstić information content (AvgIpc) is 2.54. The lowest BCUT2D eigenvalue weighted by Gasteiger charge is -2.15. The predicted octanol–water partition coefficient (Wildman–Crippen LogP) is 2.49. The van der Waals surface area contributed by atoms with E-state index in [1.165, 1.54) is 12.8 Å². The molecule has 3 nitrogen and oxygen atoms in total. The largest absolute Gasteiger partial charge is 0.0903 e. The molecule has 2 rings (SSSR count). The third kappa shape index (κ3) is 0.781. The van der Waals surface area contributed by atoms with Crippen LogP contribution in [-0.2, 0) is 0 Å². The van der Waals surface area contributed by atoms with Gasteiger partial charge in [-0.05, 0) is 36.6 Å². The second-order valence-electron chi connectivity index (χ2n) is 3.22. The highest BCUT2D eigenvalue weighted by atomic mass is 15.2. The summed E-state index contributed by atoms with van der Waals surface area (Å²) in [5, 5.41) is 3.68. The Morgan fingerprint density at radius 3 is 3.10 bits per heavy atom. The van der Waals surface area contributed by atoms with Gasteiger partial charge in [-0.3, -0.25) is 0 Å². The summed E-state index contributed by atoms with van der Waals surface area (Å²) in [6.07, 6.45) is 3.36. The molecule has 10 heavy (non-hydrogen) atoms. The maximum absolute atomic E-state index is 8.25. The Hall–Kier alpha value is -0.690. The molecular formula is C7H11N3. The third-order valence-corrected chi connectivity index (χ3v) is 2.65. The molecule has 0 spiro atoms. The molecule has 2 bridgehead atoms. The van der Waals surface area contributed by atoms with Crippen molar-refractivity contribution in [1.82, 2.24) is 0 Å². The van der Waals surface area contributed by atoms with Gasteiger partial charge >= 0.3 is 0 Å². The van der Waals surface area contributed by atoms with Crippen molar-refractivity contribution in [2.45, 2.75) is 31.7 Å². The zero-order valence-corrected chi connectivity index (χ0v) is 5.77. The molecule has 2 fully saturated rings. The lowest BCUT2D eigenvalue weighted by molar-refractivity contribution is 0.417. The predicted molar refractivity (Wildman–Crippen MR) is 38.4 cm³/mol. The molecule has 2 aliphatic rings. The summed E-state index contributed by atoms with van der Waals surface area (Å²) in [4.78, 5) is 2.79. The van der Waals surface area contributed by atoms with Crippen LogP contribution in [0.5, 0.6) is 0 Å². The van der Waals surface area contributed by atoms with Crippen LogP contribution in [0, 0.1) is 11.8 Å². The van der Waals surface area contributed by atoms with Crippen molar-refractivity contribution in [2.75, 3.05) is 0 Å². The first-order valence-corrected chi connectivity index (χ1v) is 3.79. The zero-order valence-electron chi connectivity index (χ0n) is 6.77.